The molecule has 0 atom stereocenters. The Kier molecular flexibility index (Phi) is 9.28. The van der Waals surface area contributed by atoms with Gasteiger partial charge in [-0.15, -0.1) is 0 Å². The van der Waals surface area contributed by atoms with E-state index in [0.29, 0.717) is 18.3 Å². The lowest BCUT2D eigenvalue weighted by atomic mass is 10.2. The van der Waals surface area contributed by atoms with E-state index in [9.17, 15) is 4.79 Å². The van der Waals surface area contributed by atoms with E-state index in [1.54, 1.807) is 7.05 Å². The van der Waals surface area contributed by atoms with Gasteiger partial charge < -0.3 is 25.6 Å². The number of benzene rings is 1. The fraction of sp³-hybridized carbons (Fsp3) is 0.652. The topological polar surface area (TPSA) is 78.0 Å². The van der Waals surface area contributed by atoms with E-state index in [-0.39, 0.29) is 12.5 Å². The number of rotatable bonds is 10. The quantitative estimate of drug-likeness (QED) is 0.310. The molecule has 1 aliphatic carbocycles. The van der Waals surface area contributed by atoms with E-state index in [1.807, 2.05) is 24.3 Å². The monoisotopic (exact) mass is 415 g/mol. The molecule has 7 heteroatoms. The summed E-state index contributed by atoms with van der Waals surface area (Å²) < 4.78 is 5.63. The lowest BCUT2D eigenvalue weighted by Gasteiger charge is -2.20. The van der Waals surface area contributed by atoms with Crippen LogP contribution in [0.5, 0.6) is 5.75 Å². The van der Waals surface area contributed by atoms with Crippen LogP contribution in [0.2, 0.25) is 0 Å². The van der Waals surface area contributed by atoms with E-state index in [0.717, 1.165) is 43.9 Å². The highest BCUT2D eigenvalue weighted by Gasteiger charge is 2.23. The van der Waals surface area contributed by atoms with Gasteiger partial charge in [-0.1, -0.05) is 25.0 Å². The highest BCUT2D eigenvalue weighted by atomic mass is 16.5. The third kappa shape index (κ3) is 8.61. The zero-order chi connectivity index (χ0) is 21.0. The molecule has 0 spiro atoms. The van der Waals surface area contributed by atoms with Gasteiger partial charge in [0.05, 0.1) is 0 Å². The molecule has 0 radical (unpaired) electrons. The van der Waals surface area contributed by atoms with Crippen molar-refractivity contribution in [1.29, 1.82) is 0 Å². The number of hydrogen-bond donors (Lipinski definition) is 3. The van der Waals surface area contributed by atoms with Gasteiger partial charge in [0.1, 0.15) is 5.75 Å². The summed E-state index contributed by atoms with van der Waals surface area (Å²) in [5.74, 6) is 1.47. The minimum absolute atomic E-state index is 0.0502. The first-order valence-electron chi connectivity index (χ1n) is 11.4. The second kappa shape index (κ2) is 12.4. The Bertz CT molecular complexity index is 682. The normalized spacial score (nSPS) is 17.8. The van der Waals surface area contributed by atoms with Crippen molar-refractivity contribution in [3.05, 3.63) is 29.8 Å². The highest BCUT2D eigenvalue weighted by Crippen LogP contribution is 2.18. The van der Waals surface area contributed by atoms with Crippen LogP contribution in [0, 0.1) is 0 Å². The lowest BCUT2D eigenvalue weighted by molar-refractivity contribution is -0.123. The first-order valence-corrected chi connectivity index (χ1v) is 11.4. The van der Waals surface area contributed by atoms with Crippen molar-refractivity contribution in [3.63, 3.8) is 0 Å². The Labute approximate surface area is 180 Å². The number of ether oxygens (including phenoxy) is 1. The Balaban J connectivity index is 1.33. The fourth-order valence-corrected chi connectivity index (χ4v) is 3.67. The molecule has 0 bridgehead atoms. The SMILES string of the molecule is CN=C(NCCCN1CCCCCC1)NCc1cccc(OCC(=O)NC2CC2)c1. The van der Waals surface area contributed by atoms with Crippen molar-refractivity contribution in [3.8, 4) is 5.75 Å². The van der Waals surface area contributed by atoms with Gasteiger partial charge in [-0.2, -0.15) is 0 Å². The minimum atomic E-state index is -0.0502. The van der Waals surface area contributed by atoms with Gasteiger partial charge >= 0.3 is 0 Å². The molecule has 1 saturated carbocycles. The summed E-state index contributed by atoms with van der Waals surface area (Å²) in [5.41, 5.74) is 1.09. The van der Waals surface area contributed by atoms with Crippen molar-refractivity contribution >= 4 is 11.9 Å². The fourth-order valence-electron chi connectivity index (χ4n) is 3.67. The average molecular weight is 416 g/mol. The van der Waals surface area contributed by atoms with Gasteiger partial charge in [0.15, 0.2) is 12.6 Å². The van der Waals surface area contributed by atoms with Crippen LogP contribution in [-0.2, 0) is 11.3 Å². The van der Waals surface area contributed by atoms with Crippen LogP contribution in [0.3, 0.4) is 0 Å². The average Bonchev–Trinajstić information content (AvgIpc) is 3.60. The van der Waals surface area contributed by atoms with Crippen molar-refractivity contribution in [2.24, 2.45) is 4.99 Å². The Morgan fingerprint density at radius 3 is 2.70 bits per heavy atom. The zero-order valence-corrected chi connectivity index (χ0v) is 18.3. The Morgan fingerprint density at radius 1 is 1.17 bits per heavy atom. The number of nitrogens with one attached hydrogen (secondary N) is 3. The molecule has 2 aliphatic rings. The molecule has 3 N–H and O–H groups in total. The molecule has 166 valence electrons. The molecule has 1 aromatic carbocycles. The molecular weight excluding hydrogens is 378 g/mol. The standard InChI is InChI=1S/C23H37N5O2/c1-24-23(25-12-7-15-28-13-4-2-3-5-14-28)26-17-19-8-6-9-21(16-19)30-18-22(29)27-20-10-11-20/h6,8-9,16,20H,2-5,7,10-15,17-18H2,1H3,(H,27,29)(H2,24,25,26). The summed E-state index contributed by atoms with van der Waals surface area (Å²) in [6.45, 7) is 5.26. The zero-order valence-electron chi connectivity index (χ0n) is 18.3. The minimum Gasteiger partial charge on any atom is -0.484 e. The number of guanidine groups is 1. The highest BCUT2D eigenvalue weighted by molar-refractivity contribution is 5.79. The number of likely N-dealkylation sites (tertiary alicyclic amines) is 1. The molecule has 7 nitrogen and oxygen atoms in total. The smallest absolute Gasteiger partial charge is 0.258 e. The molecule has 30 heavy (non-hydrogen) atoms. The van der Waals surface area contributed by atoms with Crippen molar-refractivity contribution < 1.29 is 9.53 Å². The summed E-state index contributed by atoms with van der Waals surface area (Å²) in [6, 6.07) is 8.19. The Hall–Kier alpha value is -2.28. The molecule has 0 unspecified atom stereocenters. The van der Waals surface area contributed by atoms with Crippen LogP contribution < -0.4 is 20.7 Å². The van der Waals surface area contributed by atoms with Crippen LogP contribution in [0.15, 0.2) is 29.3 Å². The predicted molar refractivity (Wildman–Crippen MR) is 121 cm³/mol. The maximum atomic E-state index is 11.8. The summed E-state index contributed by atoms with van der Waals surface area (Å²) in [4.78, 5) is 18.7. The van der Waals surface area contributed by atoms with Crippen LogP contribution in [0.1, 0.15) is 50.5 Å². The van der Waals surface area contributed by atoms with E-state index >= 15 is 0 Å². The van der Waals surface area contributed by atoms with Crippen LogP contribution in [-0.4, -0.2) is 62.6 Å². The second-order valence-corrected chi connectivity index (χ2v) is 8.24. The lowest BCUT2D eigenvalue weighted by Crippen LogP contribution is -2.38. The first-order chi connectivity index (χ1) is 14.7. The molecule has 3 rings (SSSR count). The molecule has 2 fully saturated rings. The van der Waals surface area contributed by atoms with E-state index in [2.05, 4.69) is 25.8 Å². The number of carbonyl (C=O) groups is 1. The van der Waals surface area contributed by atoms with E-state index in [4.69, 9.17) is 4.74 Å². The van der Waals surface area contributed by atoms with Gasteiger partial charge in [-0.3, -0.25) is 9.79 Å². The van der Waals surface area contributed by atoms with Crippen LogP contribution >= 0.6 is 0 Å². The first kappa shape index (κ1) is 22.4. The van der Waals surface area contributed by atoms with Gasteiger partial charge in [-0.05, 0) is 69.4 Å². The molecular formula is C23H37N5O2. The predicted octanol–water partition coefficient (Wildman–Crippen LogP) is 2.28. The third-order valence-corrected chi connectivity index (χ3v) is 5.54. The molecule has 0 aromatic heterocycles. The summed E-state index contributed by atoms with van der Waals surface area (Å²) >= 11 is 0. The van der Waals surface area contributed by atoms with Gasteiger partial charge in [0.2, 0.25) is 0 Å². The second-order valence-electron chi connectivity index (χ2n) is 8.24. The Morgan fingerprint density at radius 2 is 1.97 bits per heavy atom. The number of hydrogen-bond acceptors (Lipinski definition) is 4. The maximum absolute atomic E-state index is 11.8. The van der Waals surface area contributed by atoms with Gasteiger partial charge in [0, 0.05) is 26.2 Å². The maximum Gasteiger partial charge on any atom is 0.258 e. The number of aliphatic imine (C=N–C) groups is 1. The molecule has 1 amide bonds. The van der Waals surface area contributed by atoms with Crippen molar-refractivity contribution in [1.82, 2.24) is 20.9 Å². The number of nitrogens with zero attached hydrogens (tertiary/aromatic N) is 2. The van der Waals surface area contributed by atoms with Crippen LogP contribution in [0.4, 0.5) is 0 Å². The largest absolute Gasteiger partial charge is 0.484 e. The molecule has 1 heterocycles. The van der Waals surface area contributed by atoms with Crippen molar-refractivity contribution in [2.45, 2.75) is 57.5 Å². The number of amides is 1. The van der Waals surface area contributed by atoms with E-state index in [1.165, 1.54) is 38.8 Å². The summed E-state index contributed by atoms with van der Waals surface area (Å²) in [6.07, 6.45) is 8.72. The van der Waals surface area contributed by atoms with Crippen LogP contribution in [0.25, 0.3) is 0 Å². The molecule has 1 aromatic rings. The van der Waals surface area contributed by atoms with Gasteiger partial charge in [-0.25, -0.2) is 0 Å². The third-order valence-electron chi connectivity index (χ3n) is 5.54. The van der Waals surface area contributed by atoms with Gasteiger partial charge in [0.25, 0.3) is 5.91 Å². The summed E-state index contributed by atoms with van der Waals surface area (Å²) in [7, 11) is 1.79. The number of carbonyl (C=O) groups excluding carboxylic acids is 1. The summed E-state index contributed by atoms with van der Waals surface area (Å²) in [5, 5.41) is 9.68. The van der Waals surface area contributed by atoms with E-state index < -0.39 is 0 Å². The molecule has 1 saturated heterocycles. The molecule has 1 aliphatic heterocycles. The van der Waals surface area contributed by atoms with Crippen molar-refractivity contribution in [2.75, 3.05) is 39.8 Å².